The fraction of sp³-hybridized carbons (Fsp3) is 0.385. The van der Waals surface area contributed by atoms with E-state index in [2.05, 4.69) is 76.1 Å². The summed E-state index contributed by atoms with van der Waals surface area (Å²) >= 11 is 0. The Balaban J connectivity index is 1.31. The van der Waals surface area contributed by atoms with Crippen molar-refractivity contribution in [1.29, 1.82) is 0 Å². The van der Waals surface area contributed by atoms with Crippen molar-refractivity contribution in [3.8, 4) is 0 Å². The Hall–Kier alpha value is -3.12. The zero-order chi connectivity index (χ0) is 22.0. The van der Waals surface area contributed by atoms with Crippen molar-refractivity contribution in [3.05, 3.63) is 89.2 Å². The molecule has 0 spiro atoms. The molecule has 6 heteroatoms. The molecular formula is C26H34N6. The Morgan fingerprint density at radius 2 is 1.69 bits per heavy atom. The molecule has 1 aliphatic rings. The van der Waals surface area contributed by atoms with E-state index < -0.39 is 0 Å². The number of nitrogens with one attached hydrogen (secondary N) is 2. The molecule has 0 radical (unpaired) electrons. The van der Waals surface area contributed by atoms with E-state index in [9.17, 15) is 0 Å². The van der Waals surface area contributed by atoms with Crippen LogP contribution >= 0.6 is 0 Å². The molecule has 32 heavy (non-hydrogen) atoms. The molecule has 3 aromatic rings. The first-order valence-corrected chi connectivity index (χ1v) is 11.7. The highest BCUT2D eigenvalue weighted by atomic mass is 15.3. The second-order valence-corrected chi connectivity index (χ2v) is 8.37. The molecule has 2 heterocycles. The normalized spacial score (nSPS) is 14.6. The minimum Gasteiger partial charge on any atom is -0.357 e. The van der Waals surface area contributed by atoms with Crippen LogP contribution in [0.3, 0.4) is 0 Å². The highest BCUT2D eigenvalue weighted by Gasteiger charge is 2.11. The van der Waals surface area contributed by atoms with Crippen LogP contribution in [0.4, 0.5) is 0 Å². The smallest absolute Gasteiger partial charge is 0.191 e. The monoisotopic (exact) mass is 430 g/mol. The van der Waals surface area contributed by atoms with E-state index in [1.165, 1.54) is 48.2 Å². The molecule has 0 amide bonds. The summed E-state index contributed by atoms with van der Waals surface area (Å²) in [6, 6.07) is 19.5. The van der Waals surface area contributed by atoms with Crippen LogP contribution in [0.25, 0.3) is 0 Å². The molecule has 1 aliphatic heterocycles. The third-order valence-electron chi connectivity index (χ3n) is 5.75. The summed E-state index contributed by atoms with van der Waals surface area (Å²) in [5.74, 6) is 0.839. The highest BCUT2D eigenvalue weighted by Crippen LogP contribution is 2.13. The average Bonchev–Trinajstić information content (AvgIpc) is 3.51. The summed E-state index contributed by atoms with van der Waals surface area (Å²) in [6.07, 6.45) is 6.47. The van der Waals surface area contributed by atoms with E-state index in [1.807, 2.05) is 23.1 Å². The van der Waals surface area contributed by atoms with Crippen LogP contribution in [0, 0.1) is 0 Å². The lowest BCUT2D eigenvalue weighted by Gasteiger charge is -2.15. The third-order valence-corrected chi connectivity index (χ3v) is 5.75. The second-order valence-electron chi connectivity index (χ2n) is 8.37. The average molecular weight is 431 g/mol. The van der Waals surface area contributed by atoms with Gasteiger partial charge >= 0.3 is 0 Å². The first-order chi connectivity index (χ1) is 15.8. The van der Waals surface area contributed by atoms with Crippen LogP contribution in [0.2, 0.25) is 0 Å². The lowest BCUT2D eigenvalue weighted by molar-refractivity contribution is 0.331. The summed E-state index contributed by atoms with van der Waals surface area (Å²) in [5.41, 5.74) is 5.08. The van der Waals surface area contributed by atoms with Crippen molar-refractivity contribution in [3.63, 3.8) is 0 Å². The van der Waals surface area contributed by atoms with Crippen molar-refractivity contribution >= 4 is 5.96 Å². The fourth-order valence-electron chi connectivity index (χ4n) is 4.07. The van der Waals surface area contributed by atoms with Crippen molar-refractivity contribution in [2.75, 3.05) is 19.6 Å². The number of hydrogen-bond acceptors (Lipinski definition) is 3. The van der Waals surface area contributed by atoms with Gasteiger partial charge in [-0.15, -0.1) is 0 Å². The molecule has 0 bridgehead atoms. The van der Waals surface area contributed by atoms with Gasteiger partial charge in [0.1, 0.15) is 0 Å². The third kappa shape index (κ3) is 6.69. The van der Waals surface area contributed by atoms with Gasteiger partial charge in [0.25, 0.3) is 0 Å². The summed E-state index contributed by atoms with van der Waals surface area (Å²) in [4.78, 5) is 7.32. The van der Waals surface area contributed by atoms with Crippen molar-refractivity contribution < 1.29 is 0 Å². The molecule has 1 aromatic heterocycles. The predicted molar refractivity (Wildman–Crippen MR) is 130 cm³/mol. The first kappa shape index (κ1) is 22.1. The summed E-state index contributed by atoms with van der Waals surface area (Å²) in [7, 11) is 0. The van der Waals surface area contributed by atoms with Crippen LogP contribution in [0.5, 0.6) is 0 Å². The molecule has 4 rings (SSSR count). The SMILES string of the molecule is CCNC(=NCc1cccc(Cn2cccn2)c1)NCc1ccc(CN2CCCC2)cc1. The minimum atomic E-state index is 0.636. The number of aliphatic imine (C=N–C) groups is 1. The van der Waals surface area contributed by atoms with E-state index in [4.69, 9.17) is 4.99 Å². The molecule has 0 aliphatic carbocycles. The Kier molecular flexibility index (Phi) is 7.93. The van der Waals surface area contributed by atoms with E-state index in [0.29, 0.717) is 6.54 Å². The Labute approximate surface area is 191 Å². The number of hydrogen-bond donors (Lipinski definition) is 2. The molecule has 0 unspecified atom stereocenters. The minimum absolute atomic E-state index is 0.636. The van der Waals surface area contributed by atoms with Crippen LogP contribution in [0.15, 0.2) is 72.0 Å². The fourth-order valence-corrected chi connectivity index (χ4v) is 4.07. The molecular weight excluding hydrogens is 396 g/mol. The second kappa shape index (κ2) is 11.5. The van der Waals surface area contributed by atoms with E-state index in [0.717, 1.165) is 32.1 Å². The van der Waals surface area contributed by atoms with Crippen molar-refractivity contribution in [1.82, 2.24) is 25.3 Å². The van der Waals surface area contributed by atoms with Gasteiger partial charge in [-0.05, 0) is 61.2 Å². The van der Waals surface area contributed by atoms with Gasteiger partial charge in [0.05, 0.1) is 13.1 Å². The predicted octanol–water partition coefficient (Wildman–Crippen LogP) is 3.78. The molecule has 2 aromatic carbocycles. The quantitative estimate of drug-likeness (QED) is 0.401. The van der Waals surface area contributed by atoms with Gasteiger partial charge in [0.15, 0.2) is 5.96 Å². The van der Waals surface area contributed by atoms with E-state index in [-0.39, 0.29) is 0 Å². The zero-order valence-corrected chi connectivity index (χ0v) is 19.0. The Morgan fingerprint density at radius 3 is 2.44 bits per heavy atom. The standard InChI is InChI=1S/C26H34N6/c1-2-27-26(28-18-22-9-11-23(12-10-22)20-31-14-3-4-15-31)29-19-24-7-5-8-25(17-24)21-32-16-6-13-30-32/h5-13,16-17H,2-4,14-15,18-21H2,1H3,(H2,27,28,29). The van der Waals surface area contributed by atoms with Gasteiger partial charge in [0.2, 0.25) is 0 Å². The number of aromatic nitrogens is 2. The van der Waals surface area contributed by atoms with Gasteiger partial charge in [-0.3, -0.25) is 9.58 Å². The van der Waals surface area contributed by atoms with Gasteiger partial charge < -0.3 is 10.6 Å². The molecule has 2 N–H and O–H groups in total. The van der Waals surface area contributed by atoms with Gasteiger partial charge in [-0.2, -0.15) is 5.10 Å². The maximum absolute atomic E-state index is 4.79. The summed E-state index contributed by atoms with van der Waals surface area (Å²) in [5, 5.41) is 11.1. The lowest BCUT2D eigenvalue weighted by Crippen LogP contribution is -2.36. The molecule has 6 nitrogen and oxygen atoms in total. The summed E-state index contributed by atoms with van der Waals surface area (Å²) in [6.45, 7) is 8.63. The zero-order valence-electron chi connectivity index (χ0n) is 19.0. The molecule has 1 saturated heterocycles. The summed E-state index contributed by atoms with van der Waals surface area (Å²) < 4.78 is 1.93. The topological polar surface area (TPSA) is 57.5 Å². The lowest BCUT2D eigenvalue weighted by atomic mass is 10.1. The molecule has 0 atom stereocenters. The van der Waals surface area contributed by atoms with Gasteiger partial charge in [0, 0.05) is 32.0 Å². The number of guanidine groups is 1. The molecule has 0 saturated carbocycles. The van der Waals surface area contributed by atoms with Crippen LogP contribution in [0.1, 0.15) is 42.0 Å². The van der Waals surface area contributed by atoms with Gasteiger partial charge in [-0.1, -0.05) is 48.5 Å². The highest BCUT2D eigenvalue weighted by molar-refractivity contribution is 5.79. The molecule has 168 valence electrons. The number of nitrogens with zero attached hydrogens (tertiary/aromatic N) is 4. The maximum Gasteiger partial charge on any atom is 0.191 e. The largest absolute Gasteiger partial charge is 0.357 e. The van der Waals surface area contributed by atoms with Gasteiger partial charge in [-0.25, -0.2) is 4.99 Å². The number of rotatable bonds is 9. The van der Waals surface area contributed by atoms with Crippen molar-refractivity contribution in [2.24, 2.45) is 4.99 Å². The number of benzene rings is 2. The van der Waals surface area contributed by atoms with E-state index >= 15 is 0 Å². The Morgan fingerprint density at radius 1 is 0.906 bits per heavy atom. The van der Waals surface area contributed by atoms with Crippen LogP contribution < -0.4 is 10.6 Å². The van der Waals surface area contributed by atoms with Crippen LogP contribution in [-0.2, 0) is 26.2 Å². The Bertz CT molecular complexity index is 972. The van der Waals surface area contributed by atoms with E-state index in [1.54, 1.807) is 0 Å². The maximum atomic E-state index is 4.79. The van der Waals surface area contributed by atoms with Crippen molar-refractivity contribution in [2.45, 2.75) is 45.9 Å². The number of likely N-dealkylation sites (tertiary alicyclic amines) is 1. The van der Waals surface area contributed by atoms with Crippen LogP contribution in [-0.4, -0.2) is 40.3 Å². The first-order valence-electron chi connectivity index (χ1n) is 11.7. The molecule has 1 fully saturated rings.